The molecule has 0 atom stereocenters. The third-order valence-electron chi connectivity index (χ3n) is 3.14. The first-order valence-electron chi connectivity index (χ1n) is 6.27. The molecule has 0 aromatic heterocycles. The van der Waals surface area contributed by atoms with Gasteiger partial charge in [-0.1, -0.05) is 11.6 Å². The summed E-state index contributed by atoms with van der Waals surface area (Å²) in [5, 5.41) is 3.65. The molecule has 2 N–H and O–H groups in total. The highest BCUT2D eigenvalue weighted by molar-refractivity contribution is 7.90. The molecular formula is C12H18ClN3O3S. The van der Waals surface area contributed by atoms with E-state index in [9.17, 15) is 8.42 Å². The number of methoxy groups -OCH3 is 1. The zero-order valence-corrected chi connectivity index (χ0v) is 13.0. The molecule has 1 aliphatic rings. The molecule has 0 spiro atoms. The second-order valence-corrected chi connectivity index (χ2v) is 6.64. The van der Waals surface area contributed by atoms with E-state index in [1.54, 1.807) is 12.1 Å². The number of ether oxygens (including phenoxy) is 1. The predicted molar refractivity (Wildman–Crippen MR) is 79.7 cm³/mol. The van der Waals surface area contributed by atoms with E-state index in [4.69, 9.17) is 16.3 Å². The van der Waals surface area contributed by atoms with Gasteiger partial charge < -0.3 is 10.1 Å². The van der Waals surface area contributed by atoms with Gasteiger partial charge in [0.1, 0.15) is 5.75 Å². The minimum Gasteiger partial charge on any atom is -0.495 e. The summed E-state index contributed by atoms with van der Waals surface area (Å²) in [6.07, 6.45) is 0. The summed E-state index contributed by atoms with van der Waals surface area (Å²) in [5.74, 6) is 0.402. The lowest BCUT2D eigenvalue weighted by Gasteiger charge is -2.27. The van der Waals surface area contributed by atoms with Gasteiger partial charge in [-0.3, -0.25) is 4.72 Å². The van der Waals surface area contributed by atoms with Crippen LogP contribution in [0, 0.1) is 6.92 Å². The lowest BCUT2D eigenvalue weighted by molar-refractivity contribution is 0.362. The Labute approximate surface area is 124 Å². The van der Waals surface area contributed by atoms with Crippen molar-refractivity contribution >= 4 is 27.5 Å². The van der Waals surface area contributed by atoms with E-state index >= 15 is 0 Å². The smallest absolute Gasteiger partial charge is 0.301 e. The summed E-state index contributed by atoms with van der Waals surface area (Å²) in [6.45, 7) is 4.01. The Morgan fingerprint density at radius 3 is 2.60 bits per heavy atom. The standard InChI is InChI=1S/C12H18ClN3O3S/c1-9-7-11(12(19-2)8-10(9)13)15-20(17,18)16-5-3-14-4-6-16/h7-8,14-15H,3-6H2,1-2H3. The number of rotatable bonds is 4. The molecule has 0 aliphatic carbocycles. The maximum atomic E-state index is 12.3. The fourth-order valence-corrected chi connectivity index (χ4v) is 3.38. The fourth-order valence-electron chi connectivity index (χ4n) is 2.00. The number of nitrogens with zero attached hydrogens (tertiary/aromatic N) is 1. The molecule has 20 heavy (non-hydrogen) atoms. The molecule has 1 fully saturated rings. The molecule has 1 aliphatic heterocycles. The predicted octanol–water partition coefficient (Wildman–Crippen LogP) is 1.22. The lowest BCUT2D eigenvalue weighted by Crippen LogP contribution is -2.48. The van der Waals surface area contributed by atoms with E-state index in [2.05, 4.69) is 10.0 Å². The number of aryl methyl sites for hydroxylation is 1. The Morgan fingerprint density at radius 2 is 2.00 bits per heavy atom. The third kappa shape index (κ3) is 3.35. The van der Waals surface area contributed by atoms with Crippen LogP contribution in [0.5, 0.6) is 5.75 Å². The molecule has 0 saturated carbocycles. The highest BCUT2D eigenvalue weighted by Crippen LogP contribution is 2.31. The Hall–Kier alpha value is -1.02. The first kappa shape index (κ1) is 15.4. The van der Waals surface area contributed by atoms with Crippen LogP contribution >= 0.6 is 11.6 Å². The topological polar surface area (TPSA) is 70.7 Å². The van der Waals surface area contributed by atoms with Crippen LogP contribution in [-0.2, 0) is 10.2 Å². The number of hydrogen-bond donors (Lipinski definition) is 2. The van der Waals surface area contributed by atoms with Crippen LogP contribution in [0.2, 0.25) is 5.02 Å². The zero-order chi connectivity index (χ0) is 14.8. The van der Waals surface area contributed by atoms with Gasteiger partial charge in [-0.2, -0.15) is 12.7 Å². The Kier molecular flexibility index (Phi) is 4.74. The Balaban J connectivity index is 2.26. The van der Waals surface area contributed by atoms with E-state index < -0.39 is 10.2 Å². The van der Waals surface area contributed by atoms with Crippen molar-refractivity contribution < 1.29 is 13.2 Å². The maximum absolute atomic E-state index is 12.3. The van der Waals surface area contributed by atoms with Gasteiger partial charge in [0.15, 0.2) is 0 Å². The van der Waals surface area contributed by atoms with Crippen LogP contribution < -0.4 is 14.8 Å². The molecule has 1 heterocycles. The van der Waals surface area contributed by atoms with E-state index in [-0.39, 0.29) is 0 Å². The first-order valence-corrected chi connectivity index (χ1v) is 8.08. The monoisotopic (exact) mass is 319 g/mol. The minimum atomic E-state index is -3.58. The molecule has 1 saturated heterocycles. The molecule has 0 bridgehead atoms. The zero-order valence-electron chi connectivity index (χ0n) is 11.4. The highest BCUT2D eigenvalue weighted by atomic mass is 35.5. The molecule has 112 valence electrons. The average Bonchev–Trinajstić information content (AvgIpc) is 2.43. The highest BCUT2D eigenvalue weighted by Gasteiger charge is 2.24. The fraction of sp³-hybridized carbons (Fsp3) is 0.500. The summed E-state index contributed by atoms with van der Waals surface area (Å²) >= 11 is 6.01. The summed E-state index contributed by atoms with van der Waals surface area (Å²) < 4.78 is 33.8. The Morgan fingerprint density at radius 1 is 1.35 bits per heavy atom. The second kappa shape index (κ2) is 6.17. The Bertz CT molecular complexity index is 586. The number of hydrogen-bond acceptors (Lipinski definition) is 4. The minimum absolute atomic E-state index is 0.396. The van der Waals surface area contributed by atoms with Crippen LogP contribution in [0.25, 0.3) is 0 Å². The van der Waals surface area contributed by atoms with Gasteiger partial charge >= 0.3 is 10.2 Å². The van der Waals surface area contributed by atoms with Crippen LogP contribution in [0.1, 0.15) is 5.56 Å². The van der Waals surface area contributed by atoms with Gasteiger partial charge in [0, 0.05) is 37.3 Å². The molecule has 1 aromatic carbocycles. The SMILES string of the molecule is COc1cc(Cl)c(C)cc1NS(=O)(=O)N1CCNCC1. The van der Waals surface area contributed by atoms with Crippen LogP contribution in [-0.4, -0.2) is 46.0 Å². The third-order valence-corrected chi connectivity index (χ3v) is 5.07. The van der Waals surface area contributed by atoms with Crippen molar-refractivity contribution in [3.63, 3.8) is 0 Å². The van der Waals surface area contributed by atoms with Crippen molar-refractivity contribution in [1.82, 2.24) is 9.62 Å². The van der Waals surface area contributed by atoms with E-state index in [1.165, 1.54) is 11.4 Å². The van der Waals surface area contributed by atoms with Gasteiger partial charge in [-0.05, 0) is 18.6 Å². The van der Waals surface area contributed by atoms with Crippen LogP contribution in [0.4, 0.5) is 5.69 Å². The summed E-state index contributed by atoms with van der Waals surface area (Å²) in [4.78, 5) is 0. The molecule has 2 rings (SSSR count). The van der Waals surface area contributed by atoms with Crippen LogP contribution in [0.15, 0.2) is 12.1 Å². The lowest BCUT2D eigenvalue weighted by atomic mass is 10.2. The molecule has 6 nitrogen and oxygen atoms in total. The number of benzene rings is 1. The molecule has 0 radical (unpaired) electrons. The number of nitrogens with one attached hydrogen (secondary N) is 2. The quantitative estimate of drug-likeness (QED) is 0.875. The van der Waals surface area contributed by atoms with Gasteiger partial charge in [0.25, 0.3) is 0 Å². The van der Waals surface area contributed by atoms with Crippen molar-refractivity contribution in [3.05, 3.63) is 22.7 Å². The maximum Gasteiger partial charge on any atom is 0.301 e. The molecule has 8 heteroatoms. The summed E-state index contributed by atoms with van der Waals surface area (Å²) in [6, 6.07) is 3.27. The number of piperazine rings is 1. The van der Waals surface area contributed by atoms with Crippen molar-refractivity contribution in [2.45, 2.75) is 6.92 Å². The van der Waals surface area contributed by atoms with Gasteiger partial charge in [-0.25, -0.2) is 0 Å². The van der Waals surface area contributed by atoms with Crippen molar-refractivity contribution in [2.75, 3.05) is 38.0 Å². The molecule has 0 amide bonds. The molecule has 1 aromatic rings. The molecule has 0 unspecified atom stereocenters. The van der Waals surface area contributed by atoms with Gasteiger partial charge in [-0.15, -0.1) is 0 Å². The average molecular weight is 320 g/mol. The van der Waals surface area contributed by atoms with Gasteiger partial charge in [0.05, 0.1) is 12.8 Å². The normalized spacial score (nSPS) is 16.9. The van der Waals surface area contributed by atoms with Crippen molar-refractivity contribution in [1.29, 1.82) is 0 Å². The summed E-state index contributed by atoms with van der Waals surface area (Å²) in [7, 11) is -2.10. The first-order chi connectivity index (χ1) is 9.44. The number of anilines is 1. The van der Waals surface area contributed by atoms with Gasteiger partial charge in [0.2, 0.25) is 0 Å². The van der Waals surface area contributed by atoms with Crippen molar-refractivity contribution in [2.24, 2.45) is 0 Å². The van der Waals surface area contributed by atoms with E-state index in [1.807, 2.05) is 6.92 Å². The van der Waals surface area contributed by atoms with Crippen LogP contribution in [0.3, 0.4) is 0 Å². The largest absolute Gasteiger partial charge is 0.495 e. The van der Waals surface area contributed by atoms with E-state index in [0.717, 1.165) is 5.56 Å². The second-order valence-electron chi connectivity index (χ2n) is 4.56. The summed E-state index contributed by atoms with van der Waals surface area (Å²) in [5.41, 5.74) is 1.18. The van der Waals surface area contributed by atoms with E-state index in [0.29, 0.717) is 42.6 Å². The molecular weight excluding hydrogens is 302 g/mol. The van der Waals surface area contributed by atoms with Crippen molar-refractivity contribution in [3.8, 4) is 5.75 Å². The number of halogens is 1.